The average Bonchev–Trinajstić information content (AvgIpc) is 2.40. The quantitative estimate of drug-likeness (QED) is 0.865. The van der Waals surface area contributed by atoms with Crippen LogP contribution < -0.4 is 4.74 Å². The van der Waals surface area contributed by atoms with Crippen LogP contribution >= 0.6 is 11.6 Å². The lowest BCUT2D eigenvalue weighted by Crippen LogP contribution is -2.19. The van der Waals surface area contributed by atoms with Crippen LogP contribution in [-0.2, 0) is 0 Å². The van der Waals surface area contributed by atoms with Crippen molar-refractivity contribution in [2.75, 3.05) is 0 Å². The van der Waals surface area contributed by atoms with Crippen molar-refractivity contribution < 1.29 is 9.84 Å². The molecule has 2 atom stereocenters. The normalized spacial score (nSPS) is 21.6. The highest BCUT2D eigenvalue weighted by molar-refractivity contribution is 6.30. The van der Waals surface area contributed by atoms with E-state index < -0.39 is 6.10 Å². The van der Waals surface area contributed by atoms with Crippen molar-refractivity contribution in [2.24, 2.45) is 0 Å². The largest absolute Gasteiger partial charge is 0.485 e. The van der Waals surface area contributed by atoms with Gasteiger partial charge in [-0.25, -0.2) is 0 Å². The van der Waals surface area contributed by atoms with E-state index in [1.54, 1.807) is 24.4 Å². The fourth-order valence-corrected chi connectivity index (χ4v) is 2.47. The molecule has 1 aromatic heterocycles. The molecular formula is C15H14ClNO2. The predicted octanol–water partition coefficient (Wildman–Crippen LogP) is 3.60. The zero-order valence-corrected chi connectivity index (χ0v) is 11.3. The highest BCUT2D eigenvalue weighted by atomic mass is 35.5. The smallest absolute Gasteiger partial charge is 0.128 e. The summed E-state index contributed by atoms with van der Waals surface area (Å²) in [6.07, 6.45) is 1.58. The second-order valence-electron chi connectivity index (χ2n) is 4.77. The highest BCUT2D eigenvalue weighted by Gasteiger charge is 2.28. The molecule has 1 N–H and O–H groups in total. The first-order valence-corrected chi connectivity index (χ1v) is 6.58. The van der Waals surface area contributed by atoms with Crippen LogP contribution in [0.3, 0.4) is 0 Å². The van der Waals surface area contributed by atoms with E-state index in [4.69, 9.17) is 16.3 Å². The molecule has 0 fully saturated rings. The zero-order chi connectivity index (χ0) is 13.4. The molecule has 0 radical (unpaired) electrons. The summed E-state index contributed by atoms with van der Waals surface area (Å²) in [5, 5.41) is 10.8. The van der Waals surface area contributed by atoms with Crippen molar-refractivity contribution in [3.8, 4) is 5.75 Å². The van der Waals surface area contributed by atoms with E-state index in [0.717, 1.165) is 16.8 Å². The summed E-state index contributed by atoms with van der Waals surface area (Å²) < 4.78 is 5.92. The lowest BCUT2D eigenvalue weighted by Gasteiger charge is -2.29. The molecule has 2 aromatic rings. The Morgan fingerprint density at radius 1 is 1.32 bits per heavy atom. The molecule has 3 nitrogen and oxygen atoms in total. The van der Waals surface area contributed by atoms with Gasteiger partial charge in [-0.3, -0.25) is 4.98 Å². The van der Waals surface area contributed by atoms with E-state index in [0.29, 0.717) is 17.2 Å². The molecule has 3 rings (SSSR count). The molecule has 1 aliphatic heterocycles. The first kappa shape index (κ1) is 12.5. The van der Waals surface area contributed by atoms with Gasteiger partial charge >= 0.3 is 0 Å². The average molecular weight is 276 g/mol. The third-order valence-corrected chi connectivity index (χ3v) is 3.58. The summed E-state index contributed by atoms with van der Waals surface area (Å²) in [4.78, 5) is 4.27. The maximum Gasteiger partial charge on any atom is 0.128 e. The number of fused-ring (bicyclic) bond motifs is 1. The minimum Gasteiger partial charge on any atom is -0.485 e. The lowest BCUT2D eigenvalue weighted by molar-refractivity contribution is 0.0656. The second kappa shape index (κ2) is 4.83. The summed E-state index contributed by atoms with van der Waals surface area (Å²) in [5.41, 5.74) is 2.70. The van der Waals surface area contributed by atoms with Crippen molar-refractivity contribution in [2.45, 2.75) is 25.6 Å². The van der Waals surface area contributed by atoms with E-state index in [1.807, 2.05) is 19.1 Å². The summed E-state index contributed by atoms with van der Waals surface area (Å²) in [6, 6.07) is 9.26. The Balaban J connectivity index is 1.92. The second-order valence-corrected chi connectivity index (χ2v) is 5.21. The highest BCUT2D eigenvalue weighted by Crippen LogP contribution is 2.41. The van der Waals surface area contributed by atoms with E-state index in [2.05, 4.69) is 4.98 Å². The standard InChI is InChI=1S/C15H14ClNO2/c1-9-2-3-10(8-17-9)15-7-13(18)12-6-11(16)4-5-14(12)19-15/h2-6,8,13,15,18H,7H2,1H3. The minimum absolute atomic E-state index is 0.170. The molecule has 0 saturated carbocycles. The van der Waals surface area contributed by atoms with Crippen molar-refractivity contribution in [3.63, 3.8) is 0 Å². The van der Waals surface area contributed by atoms with Gasteiger partial charge in [0.25, 0.3) is 0 Å². The van der Waals surface area contributed by atoms with Crippen LogP contribution in [0.15, 0.2) is 36.5 Å². The number of aliphatic hydroxyl groups is 1. The molecular weight excluding hydrogens is 262 g/mol. The molecule has 0 bridgehead atoms. The number of benzene rings is 1. The molecule has 1 aliphatic rings. The van der Waals surface area contributed by atoms with E-state index >= 15 is 0 Å². The van der Waals surface area contributed by atoms with Gasteiger partial charge in [-0.15, -0.1) is 0 Å². The Bertz CT molecular complexity index is 598. The summed E-state index contributed by atoms with van der Waals surface area (Å²) >= 11 is 5.94. The number of aliphatic hydroxyl groups excluding tert-OH is 1. The molecule has 98 valence electrons. The van der Waals surface area contributed by atoms with Gasteiger partial charge in [0.1, 0.15) is 11.9 Å². The first-order valence-electron chi connectivity index (χ1n) is 6.20. The summed E-state index contributed by atoms with van der Waals surface area (Å²) in [7, 11) is 0. The third-order valence-electron chi connectivity index (χ3n) is 3.34. The van der Waals surface area contributed by atoms with Crippen LogP contribution in [-0.4, -0.2) is 10.1 Å². The number of halogens is 1. The van der Waals surface area contributed by atoms with E-state index in [1.165, 1.54) is 0 Å². The molecule has 0 aliphatic carbocycles. The maximum atomic E-state index is 10.2. The Labute approximate surface area is 116 Å². The number of pyridine rings is 1. The molecule has 2 unspecified atom stereocenters. The fraction of sp³-hybridized carbons (Fsp3) is 0.267. The van der Waals surface area contributed by atoms with Crippen LogP contribution in [0.2, 0.25) is 5.02 Å². The van der Waals surface area contributed by atoms with Gasteiger partial charge in [-0.1, -0.05) is 17.7 Å². The molecule has 0 saturated heterocycles. The van der Waals surface area contributed by atoms with Gasteiger partial charge in [0.15, 0.2) is 0 Å². The van der Waals surface area contributed by atoms with Crippen molar-refractivity contribution in [1.82, 2.24) is 4.98 Å². The fourth-order valence-electron chi connectivity index (χ4n) is 2.29. The zero-order valence-electron chi connectivity index (χ0n) is 10.5. The number of ether oxygens (including phenoxy) is 1. The van der Waals surface area contributed by atoms with Gasteiger partial charge in [0.2, 0.25) is 0 Å². The Morgan fingerprint density at radius 2 is 2.16 bits per heavy atom. The van der Waals surface area contributed by atoms with Crippen LogP contribution in [0.1, 0.15) is 35.4 Å². The van der Waals surface area contributed by atoms with Crippen molar-refractivity contribution >= 4 is 11.6 Å². The van der Waals surface area contributed by atoms with Gasteiger partial charge in [-0.05, 0) is 31.2 Å². The number of rotatable bonds is 1. The van der Waals surface area contributed by atoms with E-state index in [-0.39, 0.29) is 6.10 Å². The predicted molar refractivity (Wildman–Crippen MR) is 73.4 cm³/mol. The van der Waals surface area contributed by atoms with Crippen molar-refractivity contribution in [1.29, 1.82) is 0 Å². The number of hydrogen-bond donors (Lipinski definition) is 1. The Hall–Kier alpha value is -1.58. The molecule has 0 spiro atoms. The van der Waals surface area contributed by atoms with Crippen LogP contribution in [0.4, 0.5) is 0 Å². The SMILES string of the molecule is Cc1ccc(C2CC(O)c3cc(Cl)ccc3O2)cn1. The molecule has 0 amide bonds. The Morgan fingerprint density at radius 3 is 2.89 bits per heavy atom. The van der Waals surface area contributed by atoms with Gasteiger partial charge < -0.3 is 9.84 Å². The maximum absolute atomic E-state index is 10.2. The lowest BCUT2D eigenvalue weighted by atomic mass is 9.96. The number of hydrogen-bond acceptors (Lipinski definition) is 3. The monoisotopic (exact) mass is 275 g/mol. The first-order chi connectivity index (χ1) is 9.13. The summed E-state index contributed by atoms with van der Waals surface area (Å²) in [6.45, 7) is 1.94. The number of nitrogens with zero attached hydrogens (tertiary/aromatic N) is 1. The third kappa shape index (κ3) is 2.44. The van der Waals surface area contributed by atoms with Crippen LogP contribution in [0.25, 0.3) is 0 Å². The van der Waals surface area contributed by atoms with Gasteiger partial charge in [-0.2, -0.15) is 0 Å². The van der Waals surface area contributed by atoms with Gasteiger partial charge in [0, 0.05) is 34.5 Å². The van der Waals surface area contributed by atoms with Crippen molar-refractivity contribution in [3.05, 3.63) is 58.4 Å². The molecule has 4 heteroatoms. The van der Waals surface area contributed by atoms with E-state index in [9.17, 15) is 5.11 Å². The molecule has 2 heterocycles. The summed E-state index contributed by atoms with van der Waals surface area (Å²) in [5.74, 6) is 0.689. The van der Waals surface area contributed by atoms with Crippen LogP contribution in [0.5, 0.6) is 5.75 Å². The molecule has 19 heavy (non-hydrogen) atoms. The topological polar surface area (TPSA) is 42.4 Å². The number of aryl methyl sites for hydroxylation is 1. The Kier molecular flexibility index (Phi) is 3.17. The van der Waals surface area contributed by atoms with Crippen LogP contribution in [0, 0.1) is 6.92 Å². The molecule has 1 aromatic carbocycles. The van der Waals surface area contributed by atoms with Gasteiger partial charge in [0.05, 0.1) is 6.10 Å². The number of aromatic nitrogens is 1. The minimum atomic E-state index is -0.561.